The first-order valence-electron chi connectivity index (χ1n) is 16.2. The zero-order chi connectivity index (χ0) is 33.9. The summed E-state index contributed by atoms with van der Waals surface area (Å²) in [7, 11) is 3.04. The second-order valence-electron chi connectivity index (χ2n) is 12.5. The number of rotatable bonds is 12. The van der Waals surface area contributed by atoms with Gasteiger partial charge in [0.25, 0.3) is 11.8 Å². The molecule has 0 aromatic heterocycles. The topological polar surface area (TPSA) is 154 Å². The van der Waals surface area contributed by atoms with E-state index >= 15 is 0 Å². The smallest absolute Gasteiger partial charge is 0.257 e. The van der Waals surface area contributed by atoms with E-state index in [0.29, 0.717) is 91.3 Å². The van der Waals surface area contributed by atoms with Crippen LogP contribution in [0, 0.1) is 0 Å². The Bertz CT molecular complexity index is 1620. The molecule has 0 spiro atoms. The maximum Gasteiger partial charge on any atom is 0.257 e. The van der Waals surface area contributed by atoms with Crippen LogP contribution in [-0.2, 0) is 9.53 Å². The van der Waals surface area contributed by atoms with Gasteiger partial charge in [0.05, 0.1) is 56.9 Å². The van der Waals surface area contributed by atoms with E-state index in [4.69, 9.17) is 29.4 Å². The summed E-state index contributed by atoms with van der Waals surface area (Å²) in [5, 5.41) is 6.18. The lowest BCUT2D eigenvalue weighted by atomic mass is 10.1. The number of carbonyl (C=O) groups is 3. The van der Waals surface area contributed by atoms with Gasteiger partial charge in [0, 0.05) is 37.5 Å². The number of fused-ring (bicyclic) bond motifs is 2. The molecule has 4 aliphatic heterocycles. The van der Waals surface area contributed by atoms with Gasteiger partial charge in [-0.25, -0.2) is 0 Å². The molecule has 13 heteroatoms. The summed E-state index contributed by atoms with van der Waals surface area (Å²) < 4.78 is 28.9. The van der Waals surface area contributed by atoms with Gasteiger partial charge in [0.2, 0.25) is 5.91 Å². The number of ether oxygens (including phenoxy) is 5. The lowest BCUT2D eigenvalue weighted by Gasteiger charge is -2.29. The summed E-state index contributed by atoms with van der Waals surface area (Å²) in [5.41, 5.74) is 9.60. The summed E-state index contributed by atoms with van der Waals surface area (Å²) in [6, 6.07) is 5.81. The number of hydrogen-bond acceptors (Lipinski definition) is 10. The van der Waals surface area contributed by atoms with Gasteiger partial charge in [-0.2, -0.15) is 0 Å². The van der Waals surface area contributed by atoms with Crippen LogP contribution in [0.5, 0.6) is 23.0 Å². The summed E-state index contributed by atoms with van der Waals surface area (Å²) in [6.07, 6.45) is 3.14. The van der Waals surface area contributed by atoms with E-state index in [0.717, 1.165) is 37.0 Å². The molecule has 3 saturated heterocycles. The molecule has 3 atom stereocenters. The molecule has 256 valence electrons. The van der Waals surface area contributed by atoms with Crippen molar-refractivity contribution in [3.05, 3.63) is 59.7 Å². The standard InChI is InChI=1S/C35H43N5O8/c1-20-12-26-32(41)38-25-17-31(29(45-4)15-23(25)35(43)39(26)18-20)47-10-7-5-6-9-46-30-16-24(36)22(14-28(30)44-3)34(42)40-19-21(2)13-27(40)33-37-8-11-48-33/h14-17,26-27,33,37H,1-2,5-13,18-19,36H2,3-4H3,(H,38,41)/t26-,27-,33?/m0/s1. The zero-order valence-electron chi connectivity index (χ0n) is 27.5. The molecule has 3 fully saturated rings. The van der Waals surface area contributed by atoms with Gasteiger partial charge in [-0.15, -0.1) is 0 Å². The summed E-state index contributed by atoms with van der Waals surface area (Å²) in [4.78, 5) is 43.0. The largest absolute Gasteiger partial charge is 0.493 e. The fourth-order valence-electron chi connectivity index (χ4n) is 6.68. The molecule has 0 aliphatic carbocycles. The summed E-state index contributed by atoms with van der Waals surface area (Å²) in [6.45, 7) is 11.0. The molecule has 48 heavy (non-hydrogen) atoms. The Labute approximate surface area is 279 Å². The molecule has 13 nitrogen and oxygen atoms in total. The van der Waals surface area contributed by atoms with Crippen LogP contribution < -0.4 is 35.3 Å². The third kappa shape index (κ3) is 6.65. The minimum absolute atomic E-state index is 0.153. The number of hydrogen-bond donors (Lipinski definition) is 3. The van der Waals surface area contributed by atoms with Crippen molar-refractivity contribution in [2.24, 2.45) is 0 Å². The Morgan fingerprint density at radius 2 is 1.62 bits per heavy atom. The molecule has 3 amide bonds. The van der Waals surface area contributed by atoms with Crippen molar-refractivity contribution >= 4 is 29.1 Å². The van der Waals surface area contributed by atoms with Crippen LogP contribution >= 0.6 is 0 Å². The van der Waals surface area contributed by atoms with Crippen LogP contribution in [0.2, 0.25) is 0 Å². The molecule has 6 rings (SSSR count). The average Bonchev–Trinajstić information content (AvgIpc) is 3.82. The number of unbranched alkanes of at least 4 members (excludes halogenated alkanes) is 2. The molecular formula is C35H43N5O8. The third-order valence-electron chi connectivity index (χ3n) is 9.13. The number of anilines is 2. The van der Waals surface area contributed by atoms with E-state index in [1.807, 2.05) is 0 Å². The minimum Gasteiger partial charge on any atom is -0.493 e. The SMILES string of the molecule is C=C1C[C@H]2C(=O)Nc3cc(OCCCCCOc4cc(N)c(C(=O)N5CC(=C)C[C@H]5C5NCCO5)cc4OC)c(OC)cc3C(=O)N2C1. The highest BCUT2D eigenvalue weighted by atomic mass is 16.5. The van der Waals surface area contributed by atoms with Gasteiger partial charge in [-0.1, -0.05) is 24.3 Å². The van der Waals surface area contributed by atoms with Gasteiger partial charge in [-0.3, -0.25) is 19.7 Å². The van der Waals surface area contributed by atoms with Gasteiger partial charge in [-0.05, 0) is 44.2 Å². The Balaban J connectivity index is 1.01. The van der Waals surface area contributed by atoms with Crippen LogP contribution in [0.15, 0.2) is 48.6 Å². The van der Waals surface area contributed by atoms with Crippen molar-refractivity contribution in [3.63, 3.8) is 0 Å². The van der Waals surface area contributed by atoms with Gasteiger partial charge >= 0.3 is 0 Å². The van der Waals surface area contributed by atoms with Crippen molar-refractivity contribution in [2.75, 3.05) is 64.7 Å². The maximum absolute atomic E-state index is 13.6. The number of amides is 3. The van der Waals surface area contributed by atoms with Crippen LogP contribution in [-0.4, -0.2) is 99.5 Å². The number of nitrogens with zero attached hydrogens (tertiary/aromatic N) is 2. The molecule has 2 aromatic carbocycles. The minimum atomic E-state index is -0.565. The van der Waals surface area contributed by atoms with Crippen LogP contribution in [0.25, 0.3) is 0 Å². The highest BCUT2D eigenvalue weighted by molar-refractivity contribution is 6.11. The van der Waals surface area contributed by atoms with Crippen molar-refractivity contribution in [3.8, 4) is 23.0 Å². The van der Waals surface area contributed by atoms with E-state index in [1.165, 1.54) is 14.2 Å². The molecule has 4 aliphatic rings. The Morgan fingerprint density at radius 3 is 2.31 bits per heavy atom. The number of nitrogen functional groups attached to an aromatic ring is 1. The number of likely N-dealkylation sites (tertiary alicyclic amines) is 1. The predicted molar refractivity (Wildman–Crippen MR) is 179 cm³/mol. The first-order chi connectivity index (χ1) is 23.2. The average molecular weight is 662 g/mol. The van der Waals surface area contributed by atoms with Gasteiger partial charge < -0.3 is 44.5 Å². The number of nitrogens with one attached hydrogen (secondary N) is 2. The first-order valence-corrected chi connectivity index (χ1v) is 16.2. The van der Waals surface area contributed by atoms with Crippen LogP contribution in [0.1, 0.15) is 52.8 Å². The van der Waals surface area contributed by atoms with Crippen LogP contribution in [0.4, 0.5) is 11.4 Å². The highest BCUT2D eigenvalue weighted by Crippen LogP contribution is 2.39. The van der Waals surface area contributed by atoms with E-state index < -0.39 is 6.04 Å². The fraction of sp³-hybridized carbons (Fsp3) is 0.457. The quantitative estimate of drug-likeness (QED) is 0.175. The number of nitrogens with two attached hydrogens (primary N) is 1. The first kappa shape index (κ1) is 33.2. The third-order valence-corrected chi connectivity index (χ3v) is 9.13. The normalized spacial score (nSPS) is 21.9. The Morgan fingerprint density at radius 1 is 0.938 bits per heavy atom. The van der Waals surface area contributed by atoms with Crippen molar-refractivity contribution in [1.82, 2.24) is 15.1 Å². The fourth-order valence-corrected chi connectivity index (χ4v) is 6.68. The van der Waals surface area contributed by atoms with Crippen molar-refractivity contribution in [2.45, 2.75) is 50.4 Å². The van der Waals surface area contributed by atoms with E-state index in [2.05, 4.69) is 23.8 Å². The number of methoxy groups -OCH3 is 2. The summed E-state index contributed by atoms with van der Waals surface area (Å²) >= 11 is 0. The molecule has 1 unspecified atom stereocenters. The summed E-state index contributed by atoms with van der Waals surface area (Å²) in [5.74, 6) is 1.05. The van der Waals surface area contributed by atoms with Gasteiger partial charge in [0.15, 0.2) is 23.0 Å². The molecule has 0 bridgehead atoms. The second-order valence-corrected chi connectivity index (χ2v) is 12.5. The van der Waals surface area contributed by atoms with E-state index in [9.17, 15) is 14.4 Å². The lowest BCUT2D eigenvalue weighted by molar-refractivity contribution is -0.119. The molecule has 2 aromatic rings. The lowest BCUT2D eigenvalue weighted by Crippen LogP contribution is -2.47. The zero-order valence-corrected chi connectivity index (χ0v) is 27.5. The Kier molecular flexibility index (Phi) is 9.78. The van der Waals surface area contributed by atoms with E-state index in [1.54, 1.807) is 34.1 Å². The van der Waals surface area contributed by atoms with Gasteiger partial charge in [0.1, 0.15) is 12.3 Å². The highest BCUT2D eigenvalue weighted by Gasteiger charge is 2.41. The van der Waals surface area contributed by atoms with E-state index in [-0.39, 0.29) is 30.0 Å². The molecule has 0 radical (unpaired) electrons. The second kappa shape index (κ2) is 14.2. The van der Waals surface area contributed by atoms with Crippen molar-refractivity contribution in [1.29, 1.82) is 0 Å². The number of benzene rings is 2. The maximum atomic E-state index is 13.6. The monoisotopic (exact) mass is 661 g/mol. The molecular weight excluding hydrogens is 618 g/mol. The molecule has 4 heterocycles. The molecule has 4 N–H and O–H groups in total. The van der Waals surface area contributed by atoms with Crippen LogP contribution in [0.3, 0.4) is 0 Å². The molecule has 0 saturated carbocycles. The van der Waals surface area contributed by atoms with Crippen molar-refractivity contribution < 1.29 is 38.1 Å². The number of carbonyl (C=O) groups excluding carboxylic acids is 3. The predicted octanol–water partition coefficient (Wildman–Crippen LogP) is 3.35. The Hall–Kier alpha value is -4.75.